The van der Waals surface area contributed by atoms with E-state index >= 15 is 0 Å². The molecule has 1 saturated heterocycles. The van der Waals surface area contributed by atoms with Crippen LogP contribution in [0.3, 0.4) is 0 Å². The first-order chi connectivity index (χ1) is 11.5. The molecular formula is C15H11BrN2O5S. The number of imide groups is 1. The third kappa shape index (κ3) is 3.26. The fraction of sp³-hybridized carbons (Fsp3) is 0.133. The lowest BCUT2D eigenvalue weighted by atomic mass is 10.3. The zero-order chi connectivity index (χ0) is 17.3. The van der Waals surface area contributed by atoms with Crippen LogP contribution in [0.1, 0.15) is 21.2 Å². The molecule has 0 aliphatic carbocycles. The first-order valence-corrected chi connectivity index (χ1v) is 8.36. The normalized spacial score (nSPS) is 15.9. The van der Waals surface area contributed by atoms with Crippen molar-refractivity contribution in [2.75, 3.05) is 7.11 Å². The molecule has 24 heavy (non-hydrogen) atoms. The SMILES string of the molecule is COC(=O)c1ccc(CN2C(=O)N/C(=C\c3ccc(Br)s3)C2=O)o1. The highest BCUT2D eigenvalue weighted by molar-refractivity contribution is 9.11. The standard InChI is InChI=1S/C15H11BrN2O5S/c1-22-14(20)11-4-2-8(23-11)7-18-13(19)10(17-15(18)21)6-9-3-5-12(16)24-9/h2-6H,7H2,1H3,(H,17,21)/b10-6-. The molecule has 0 saturated carbocycles. The van der Waals surface area contributed by atoms with Crippen LogP contribution in [0.25, 0.3) is 6.08 Å². The summed E-state index contributed by atoms with van der Waals surface area (Å²) in [5.74, 6) is -0.763. The second-order valence-corrected chi connectivity index (χ2v) is 7.27. The van der Waals surface area contributed by atoms with Crippen LogP contribution in [0.15, 0.2) is 38.2 Å². The number of halogens is 1. The first kappa shape index (κ1) is 16.5. The smallest absolute Gasteiger partial charge is 0.373 e. The van der Waals surface area contributed by atoms with E-state index in [2.05, 4.69) is 26.0 Å². The molecule has 9 heteroatoms. The number of hydrogen-bond acceptors (Lipinski definition) is 6. The summed E-state index contributed by atoms with van der Waals surface area (Å²) in [6, 6.07) is 6.09. The van der Waals surface area contributed by atoms with E-state index in [-0.39, 0.29) is 18.0 Å². The monoisotopic (exact) mass is 410 g/mol. The van der Waals surface area contributed by atoms with Crippen molar-refractivity contribution in [2.24, 2.45) is 0 Å². The zero-order valence-electron chi connectivity index (χ0n) is 12.4. The zero-order valence-corrected chi connectivity index (χ0v) is 14.8. The third-order valence-electron chi connectivity index (χ3n) is 3.21. The Bertz CT molecular complexity index is 854. The van der Waals surface area contributed by atoms with Crippen LogP contribution >= 0.6 is 27.3 Å². The summed E-state index contributed by atoms with van der Waals surface area (Å²) >= 11 is 4.78. The highest BCUT2D eigenvalue weighted by atomic mass is 79.9. The van der Waals surface area contributed by atoms with Crippen LogP contribution in [-0.4, -0.2) is 29.9 Å². The van der Waals surface area contributed by atoms with Gasteiger partial charge in [0, 0.05) is 4.88 Å². The lowest BCUT2D eigenvalue weighted by Crippen LogP contribution is -2.30. The van der Waals surface area contributed by atoms with Crippen LogP contribution in [0.5, 0.6) is 0 Å². The molecule has 124 valence electrons. The molecule has 3 amide bonds. The number of furan rings is 1. The second-order valence-electron chi connectivity index (χ2n) is 4.78. The van der Waals surface area contributed by atoms with Gasteiger partial charge in [-0.1, -0.05) is 0 Å². The van der Waals surface area contributed by atoms with Crippen LogP contribution in [0.2, 0.25) is 0 Å². The summed E-state index contributed by atoms with van der Waals surface area (Å²) < 4.78 is 10.7. The van der Waals surface area contributed by atoms with Gasteiger partial charge < -0.3 is 14.5 Å². The number of ether oxygens (including phenoxy) is 1. The van der Waals surface area contributed by atoms with Crippen molar-refractivity contribution in [3.63, 3.8) is 0 Å². The number of methoxy groups -OCH3 is 1. The van der Waals surface area contributed by atoms with Crippen molar-refractivity contribution in [1.82, 2.24) is 10.2 Å². The molecule has 0 radical (unpaired) electrons. The van der Waals surface area contributed by atoms with E-state index in [4.69, 9.17) is 4.42 Å². The summed E-state index contributed by atoms with van der Waals surface area (Å²) in [7, 11) is 1.24. The minimum atomic E-state index is -0.623. The van der Waals surface area contributed by atoms with E-state index in [0.29, 0.717) is 5.76 Å². The molecule has 0 aromatic carbocycles. The van der Waals surface area contributed by atoms with Gasteiger partial charge in [-0.25, -0.2) is 9.59 Å². The largest absolute Gasteiger partial charge is 0.463 e. The molecular weight excluding hydrogens is 400 g/mol. The Morgan fingerprint density at radius 3 is 2.83 bits per heavy atom. The molecule has 2 aromatic rings. The number of nitrogens with one attached hydrogen (secondary N) is 1. The van der Waals surface area contributed by atoms with Crippen molar-refractivity contribution in [3.8, 4) is 0 Å². The van der Waals surface area contributed by atoms with Gasteiger partial charge in [0.25, 0.3) is 5.91 Å². The molecule has 7 nitrogen and oxygen atoms in total. The second kappa shape index (κ2) is 6.62. The summed E-state index contributed by atoms with van der Waals surface area (Å²) in [5, 5.41) is 2.53. The fourth-order valence-electron chi connectivity index (χ4n) is 2.09. The number of carbonyl (C=O) groups excluding carboxylic acids is 3. The van der Waals surface area contributed by atoms with Crippen molar-refractivity contribution in [3.05, 3.63) is 50.1 Å². The molecule has 2 aromatic heterocycles. The van der Waals surface area contributed by atoms with E-state index in [1.165, 1.54) is 30.6 Å². The maximum atomic E-state index is 12.4. The Morgan fingerprint density at radius 1 is 1.38 bits per heavy atom. The molecule has 0 unspecified atom stereocenters. The van der Waals surface area contributed by atoms with E-state index in [0.717, 1.165) is 13.6 Å². The van der Waals surface area contributed by atoms with Crippen LogP contribution in [0, 0.1) is 0 Å². The molecule has 0 spiro atoms. The number of amides is 3. The van der Waals surface area contributed by atoms with Gasteiger partial charge in [-0.15, -0.1) is 11.3 Å². The molecule has 3 rings (SSSR count). The van der Waals surface area contributed by atoms with Crippen LogP contribution < -0.4 is 5.32 Å². The van der Waals surface area contributed by atoms with Gasteiger partial charge in [0.05, 0.1) is 17.4 Å². The van der Waals surface area contributed by atoms with Crippen molar-refractivity contribution in [1.29, 1.82) is 0 Å². The Morgan fingerprint density at radius 2 is 2.17 bits per heavy atom. The highest BCUT2D eigenvalue weighted by Crippen LogP contribution is 2.25. The van der Waals surface area contributed by atoms with Gasteiger partial charge in [-0.2, -0.15) is 0 Å². The summed E-state index contributed by atoms with van der Waals surface area (Å²) in [5.41, 5.74) is 0.189. The van der Waals surface area contributed by atoms with E-state index in [9.17, 15) is 14.4 Å². The van der Waals surface area contributed by atoms with E-state index in [1.807, 2.05) is 12.1 Å². The highest BCUT2D eigenvalue weighted by Gasteiger charge is 2.34. The Hall–Kier alpha value is -2.39. The maximum Gasteiger partial charge on any atom is 0.373 e. The maximum absolute atomic E-state index is 12.4. The van der Waals surface area contributed by atoms with Gasteiger partial charge >= 0.3 is 12.0 Å². The average Bonchev–Trinajstić information content (AvgIpc) is 3.24. The van der Waals surface area contributed by atoms with Gasteiger partial charge in [-0.05, 0) is 46.3 Å². The quantitative estimate of drug-likeness (QED) is 0.475. The molecule has 1 fully saturated rings. The summed E-state index contributed by atoms with van der Waals surface area (Å²) in [4.78, 5) is 37.6. The predicted octanol–water partition coefficient (Wildman–Crippen LogP) is 2.98. The number of urea groups is 1. The minimum Gasteiger partial charge on any atom is -0.463 e. The lowest BCUT2D eigenvalue weighted by molar-refractivity contribution is -0.123. The lowest BCUT2D eigenvalue weighted by Gasteiger charge is -2.09. The first-order valence-electron chi connectivity index (χ1n) is 6.75. The van der Waals surface area contributed by atoms with Crippen LogP contribution in [0.4, 0.5) is 4.79 Å². The molecule has 1 N–H and O–H groups in total. The van der Waals surface area contributed by atoms with Gasteiger partial charge in [0.15, 0.2) is 0 Å². The number of esters is 1. The summed E-state index contributed by atoms with van der Waals surface area (Å²) in [6.45, 7) is -0.0763. The average molecular weight is 411 g/mol. The molecule has 1 aliphatic rings. The Kier molecular flexibility index (Phi) is 4.54. The van der Waals surface area contributed by atoms with Crippen molar-refractivity contribution in [2.45, 2.75) is 6.54 Å². The molecule has 3 heterocycles. The van der Waals surface area contributed by atoms with Crippen molar-refractivity contribution < 1.29 is 23.5 Å². The third-order valence-corrected chi connectivity index (χ3v) is 4.78. The van der Waals surface area contributed by atoms with E-state index in [1.54, 1.807) is 6.08 Å². The van der Waals surface area contributed by atoms with Gasteiger partial charge in [-0.3, -0.25) is 9.69 Å². The predicted molar refractivity (Wildman–Crippen MR) is 89.1 cm³/mol. The molecule has 1 aliphatic heterocycles. The number of thiophene rings is 1. The summed E-state index contributed by atoms with van der Waals surface area (Å²) in [6.07, 6.45) is 1.61. The van der Waals surface area contributed by atoms with Gasteiger partial charge in [0.1, 0.15) is 11.5 Å². The molecule has 0 atom stereocenters. The van der Waals surface area contributed by atoms with Gasteiger partial charge in [0.2, 0.25) is 5.76 Å². The number of rotatable bonds is 4. The van der Waals surface area contributed by atoms with E-state index < -0.39 is 17.9 Å². The van der Waals surface area contributed by atoms with Crippen molar-refractivity contribution >= 4 is 51.3 Å². The topological polar surface area (TPSA) is 88.9 Å². The number of carbonyl (C=O) groups is 3. The number of hydrogen-bond donors (Lipinski definition) is 1. The Balaban J connectivity index is 1.76. The number of nitrogens with zero attached hydrogens (tertiary/aromatic N) is 1. The Labute approximate surface area is 149 Å². The molecule has 0 bridgehead atoms. The fourth-order valence-corrected chi connectivity index (χ4v) is 3.46. The van der Waals surface area contributed by atoms with Crippen LogP contribution in [-0.2, 0) is 16.1 Å². The minimum absolute atomic E-state index is 0.0127.